The van der Waals surface area contributed by atoms with Gasteiger partial charge >= 0.3 is 6.03 Å². The van der Waals surface area contributed by atoms with E-state index in [-0.39, 0.29) is 0 Å². The van der Waals surface area contributed by atoms with Crippen LogP contribution in [0.25, 0.3) is 0 Å². The summed E-state index contributed by atoms with van der Waals surface area (Å²) < 4.78 is 0. The number of hydroxylamine groups is 1. The molecule has 4 nitrogen and oxygen atoms in total. The quantitative estimate of drug-likeness (QED) is 0.544. The first-order valence-corrected chi connectivity index (χ1v) is 5.09. The molecule has 1 aliphatic rings. The molecule has 2 rings (SSSR count). The fourth-order valence-corrected chi connectivity index (χ4v) is 2.08. The van der Waals surface area contributed by atoms with Crippen molar-refractivity contribution in [3.63, 3.8) is 0 Å². The lowest BCUT2D eigenvalue weighted by Gasteiger charge is -2.22. The lowest BCUT2D eigenvalue weighted by Crippen LogP contribution is -2.33. The van der Waals surface area contributed by atoms with Crippen molar-refractivity contribution in [3.8, 4) is 0 Å². The molecule has 0 atom stereocenters. The van der Waals surface area contributed by atoms with E-state index in [1.54, 1.807) is 6.07 Å². The van der Waals surface area contributed by atoms with Crippen LogP contribution < -0.4 is 10.8 Å². The lowest BCUT2D eigenvalue weighted by molar-refractivity contribution is 0.212. The Morgan fingerprint density at radius 3 is 2.80 bits per heavy atom. The van der Waals surface area contributed by atoms with Gasteiger partial charge in [-0.05, 0) is 42.9 Å². The molecule has 0 aromatic heterocycles. The van der Waals surface area contributed by atoms with Gasteiger partial charge in [0.2, 0.25) is 0 Å². The Hall–Kier alpha value is -1.55. The van der Waals surface area contributed by atoms with Gasteiger partial charge in [-0.15, -0.1) is 0 Å². The smallest absolute Gasteiger partial charge is 0.343 e. The molecule has 1 aliphatic carbocycles. The van der Waals surface area contributed by atoms with E-state index in [2.05, 4.69) is 0 Å². The number of nitrogens with two attached hydrogens (primary N) is 1. The molecule has 4 heteroatoms. The maximum Gasteiger partial charge on any atom is 0.343 e. The zero-order valence-electron chi connectivity index (χ0n) is 8.44. The van der Waals surface area contributed by atoms with Gasteiger partial charge in [0, 0.05) is 0 Å². The van der Waals surface area contributed by atoms with E-state index in [9.17, 15) is 10.0 Å². The molecule has 1 aromatic carbocycles. The fourth-order valence-electron chi connectivity index (χ4n) is 2.08. The first-order valence-electron chi connectivity index (χ1n) is 5.09. The van der Waals surface area contributed by atoms with Gasteiger partial charge in [0.05, 0.1) is 5.69 Å². The Labute approximate surface area is 88.3 Å². The highest BCUT2D eigenvalue weighted by atomic mass is 16.5. The minimum absolute atomic E-state index is 0.528. The van der Waals surface area contributed by atoms with Crippen LogP contribution in [0.1, 0.15) is 24.0 Å². The van der Waals surface area contributed by atoms with Crippen LogP contribution in [0.2, 0.25) is 0 Å². The third-order valence-electron chi connectivity index (χ3n) is 2.81. The van der Waals surface area contributed by atoms with Crippen molar-refractivity contribution in [2.24, 2.45) is 5.73 Å². The maximum atomic E-state index is 10.9. The molecular formula is C11H14N2O2. The molecule has 0 radical (unpaired) electrons. The molecule has 0 saturated heterocycles. The molecule has 0 aliphatic heterocycles. The third kappa shape index (κ3) is 1.80. The van der Waals surface area contributed by atoms with Gasteiger partial charge in [0.1, 0.15) is 0 Å². The second-order valence-electron chi connectivity index (χ2n) is 3.77. The van der Waals surface area contributed by atoms with E-state index in [1.165, 1.54) is 12.0 Å². The largest absolute Gasteiger partial charge is 0.349 e. The minimum Gasteiger partial charge on any atom is -0.349 e. The monoisotopic (exact) mass is 206 g/mol. The van der Waals surface area contributed by atoms with Crippen molar-refractivity contribution >= 4 is 11.7 Å². The number of rotatable bonds is 1. The average molecular weight is 206 g/mol. The maximum absolute atomic E-state index is 10.9. The number of benzene rings is 1. The standard InChI is InChI=1S/C11H14N2O2/c12-11(14)13(15)10-7-3-5-8-4-1-2-6-9(8)10/h3,5,7,15H,1-2,4,6H2,(H2,12,14). The molecule has 0 bridgehead atoms. The summed E-state index contributed by atoms with van der Waals surface area (Å²) in [5, 5.41) is 10.0. The summed E-state index contributed by atoms with van der Waals surface area (Å²) in [5.74, 6) is 0. The molecule has 0 spiro atoms. The van der Waals surface area contributed by atoms with Crippen LogP contribution in [0, 0.1) is 0 Å². The van der Waals surface area contributed by atoms with Crippen molar-refractivity contribution in [2.75, 3.05) is 5.06 Å². The van der Waals surface area contributed by atoms with E-state index in [1.807, 2.05) is 12.1 Å². The van der Waals surface area contributed by atoms with Crippen molar-refractivity contribution in [3.05, 3.63) is 29.3 Å². The summed E-state index contributed by atoms with van der Waals surface area (Å²) in [6, 6.07) is 4.75. The molecule has 0 unspecified atom stereocenters. The SMILES string of the molecule is NC(=O)N(O)c1cccc2c1CCCC2. The summed E-state index contributed by atoms with van der Waals surface area (Å²) in [6.07, 6.45) is 4.17. The number of amides is 2. The number of fused-ring (bicyclic) bond motifs is 1. The van der Waals surface area contributed by atoms with Crippen molar-refractivity contribution in [1.29, 1.82) is 0 Å². The Morgan fingerprint density at radius 2 is 2.07 bits per heavy atom. The minimum atomic E-state index is -0.839. The summed E-state index contributed by atoms with van der Waals surface area (Å²) >= 11 is 0. The zero-order chi connectivity index (χ0) is 10.8. The lowest BCUT2D eigenvalue weighted by atomic mass is 9.90. The number of carbonyl (C=O) groups excluding carboxylic acids is 1. The van der Waals surface area contributed by atoms with E-state index in [0.29, 0.717) is 10.8 Å². The highest BCUT2D eigenvalue weighted by molar-refractivity contribution is 5.89. The number of carbonyl (C=O) groups is 1. The van der Waals surface area contributed by atoms with Crippen LogP contribution >= 0.6 is 0 Å². The third-order valence-corrected chi connectivity index (χ3v) is 2.81. The summed E-state index contributed by atoms with van der Waals surface area (Å²) in [4.78, 5) is 10.9. The summed E-state index contributed by atoms with van der Waals surface area (Å²) in [7, 11) is 0. The Morgan fingerprint density at radius 1 is 1.33 bits per heavy atom. The molecule has 80 valence electrons. The Balaban J connectivity index is 2.43. The van der Waals surface area contributed by atoms with Gasteiger partial charge < -0.3 is 5.73 Å². The topological polar surface area (TPSA) is 66.6 Å². The first kappa shape index (κ1) is 9.98. The van der Waals surface area contributed by atoms with Crippen LogP contribution in [-0.2, 0) is 12.8 Å². The second kappa shape index (κ2) is 3.90. The van der Waals surface area contributed by atoms with Crippen LogP contribution in [0.3, 0.4) is 0 Å². The van der Waals surface area contributed by atoms with Crippen molar-refractivity contribution in [1.82, 2.24) is 0 Å². The zero-order valence-corrected chi connectivity index (χ0v) is 8.44. The number of urea groups is 1. The number of hydrogen-bond acceptors (Lipinski definition) is 2. The number of aryl methyl sites for hydroxylation is 1. The summed E-state index contributed by atoms with van der Waals surface area (Å²) in [5.41, 5.74) is 7.82. The first-order chi connectivity index (χ1) is 7.20. The number of hydrogen-bond donors (Lipinski definition) is 2. The van der Waals surface area contributed by atoms with Gasteiger partial charge in [0.15, 0.2) is 0 Å². The number of primary amides is 1. The Kier molecular flexibility index (Phi) is 2.60. The second-order valence-corrected chi connectivity index (χ2v) is 3.77. The molecule has 2 amide bonds. The van der Waals surface area contributed by atoms with Gasteiger partial charge in [-0.25, -0.2) is 4.79 Å². The molecule has 15 heavy (non-hydrogen) atoms. The van der Waals surface area contributed by atoms with Gasteiger partial charge in [-0.1, -0.05) is 12.1 Å². The predicted molar refractivity (Wildman–Crippen MR) is 56.9 cm³/mol. The van der Waals surface area contributed by atoms with Crippen LogP contribution in [0.4, 0.5) is 10.5 Å². The van der Waals surface area contributed by atoms with Crippen molar-refractivity contribution in [2.45, 2.75) is 25.7 Å². The highest BCUT2D eigenvalue weighted by Crippen LogP contribution is 2.29. The molecule has 0 heterocycles. The van der Waals surface area contributed by atoms with E-state index < -0.39 is 6.03 Å². The van der Waals surface area contributed by atoms with Gasteiger partial charge in [0.25, 0.3) is 0 Å². The molecular weight excluding hydrogens is 192 g/mol. The van der Waals surface area contributed by atoms with Crippen molar-refractivity contribution < 1.29 is 10.0 Å². The molecule has 1 aromatic rings. The van der Waals surface area contributed by atoms with Crippen LogP contribution in [0.5, 0.6) is 0 Å². The van der Waals surface area contributed by atoms with E-state index >= 15 is 0 Å². The van der Waals surface area contributed by atoms with E-state index in [0.717, 1.165) is 24.8 Å². The highest BCUT2D eigenvalue weighted by Gasteiger charge is 2.18. The Bertz CT molecular complexity index is 390. The van der Waals surface area contributed by atoms with Crippen LogP contribution in [0.15, 0.2) is 18.2 Å². The fraction of sp³-hybridized carbons (Fsp3) is 0.364. The molecule has 0 fully saturated rings. The van der Waals surface area contributed by atoms with Gasteiger partial charge in [-0.2, -0.15) is 5.06 Å². The predicted octanol–water partition coefficient (Wildman–Crippen LogP) is 1.84. The molecule has 3 N–H and O–H groups in total. The van der Waals surface area contributed by atoms with Crippen LogP contribution in [-0.4, -0.2) is 11.2 Å². The summed E-state index contributed by atoms with van der Waals surface area (Å²) in [6.45, 7) is 0. The van der Waals surface area contributed by atoms with Gasteiger partial charge in [-0.3, -0.25) is 5.21 Å². The van der Waals surface area contributed by atoms with E-state index in [4.69, 9.17) is 5.73 Å². The molecule has 0 saturated carbocycles. The number of anilines is 1. The number of nitrogens with zero attached hydrogens (tertiary/aromatic N) is 1. The average Bonchev–Trinajstić information content (AvgIpc) is 2.27. The normalized spacial score (nSPS) is 14.5.